The van der Waals surface area contributed by atoms with Gasteiger partial charge in [-0.15, -0.1) is 11.3 Å². The Kier molecular flexibility index (Phi) is 8.25. The van der Waals surface area contributed by atoms with E-state index in [9.17, 15) is 14.4 Å². The van der Waals surface area contributed by atoms with Crippen LogP contribution in [-0.2, 0) is 19.1 Å². The second kappa shape index (κ2) is 11.1. The number of ether oxygens (including phenoxy) is 1. The molecule has 1 aromatic rings. The lowest BCUT2D eigenvalue weighted by Crippen LogP contribution is -2.56. The van der Waals surface area contributed by atoms with E-state index in [-0.39, 0.29) is 40.6 Å². The number of halogens is 1. The molecule has 0 radical (unpaired) electrons. The highest BCUT2D eigenvalue weighted by molar-refractivity contribution is 9.11. The monoisotopic (exact) mass is 617 g/mol. The fourth-order valence-corrected chi connectivity index (χ4v) is 10.9. The van der Waals surface area contributed by atoms with Gasteiger partial charge in [0.1, 0.15) is 6.10 Å². The first-order valence-electron chi connectivity index (χ1n) is 14.9. The van der Waals surface area contributed by atoms with E-state index in [1.54, 1.807) is 11.3 Å². The molecule has 1 amide bonds. The van der Waals surface area contributed by atoms with Gasteiger partial charge < -0.3 is 10.1 Å². The maximum Gasteiger partial charge on any atom is 0.302 e. The highest BCUT2D eigenvalue weighted by Gasteiger charge is 2.62. The lowest BCUT2D eigenvalue weighted by Gasteiger charge is -2.60. The van der Waals surface area contributed by atoms with Crippen molar-refractivity contribution >= 4 is 44.9 Å². The summed E-state index contributed by atoms with van der Waals surface area (Å²) in [6, 6.07) is 4.20. The molecular weight excluding hydrogens is 574 g/mol. The van der Waals surface area contributed by atoms with E-state index in [0.29, 0.717) is 48.9 Å². The molecule has 5 nitrogen and oxygen atoms in total. The molecule has 0 aromatic carbocycles. The minimum Gasteiger partial charge on any atom is -0.462 e. The van der Waals surface area contributed by atoms with Gasteiger partial charge in [0.2, 0.25) is 5.91 Å². The molecule has 4 aliphatic carbocycles. The normalized spacial score (nSPS) is 37.1. The molecule has 9 atom stereocenters. The van der Waals surface area contributed by atoms with E-state index in [0.717, 1.165) is 42.3 Å². The van der Waals surface area contributed by atoms with Crippen molar-refractivity contribution in [2.45, 2.75) is 105 Å². The first-order chi connectivity index (χ1) is 18.5. The Labute approximate surface area is 246 Å². The van der Waals surface area contributed by atoms with Gasteiger partial charge in [0.15, 0.2) is 5.78 Å². The van der Waals surface area contributed by atoms with Gasteiger partial charge in [-0.3, -0.25) is 14.4 Å². The summed E-state index contributed by atoms with van der Waals surface area (Å²) < 4.78 is 7.13. The molecule has 1 heterocycles. The molecule has 39 heavy (non-hydrogen) atoms. The van der Waals surface area contributed by atoms with E-state index in [2.05, 4.69) is 55.0 Å². The summed E-state index contributed by atoms with van der Waals surface area (Å²) in [4.78, 5) is 39.0. The fourth-order valence-electron chi connectivity index (χ4n) is 9.39. The van der Waals surface area contributed by atoms with Crippen molar-refractivity contribution in [1.29, 1.82) is 0 Å². The zero-order valence-corrected chi connectivity index (χ0v) is 26.5. The number of hydrogen-bond donors (Lipinski definition) is 1. The summed E-state index contributed by atoms with van der Waals surface area (Å²) in [5.74, 6) is 2.12. The minimum atomic E-state index is -0.222. The van der Waals surface area contributed by atoms with Gasteiger partial charge in [0.05, 0.1) is 9.83 Å². The van der Waals surface area contributed by atoms with E-state index < -0.39 is 0 Å². The van der Waals surface area contributed by atoms with Gasteiger partial charge in [-0.2, -0.15) is 0 Å². The SMILES string of the molecule is CC[C@@H](NC(=O)C[C@@H](C)C1CC[C@H]2[C@@H]3[C@H](OC(C)=O)CC4=CC(=O)CC[C@]4(C)[C@H]3CC[C@]12C)c1ccc(Br)s1. The molecule has 1 aromatic heterocycles. The van der Waals surface area contributed by atoms with Crippen molar-refractivity contribution in [1.82, 2.24) is 5.32 Å². The Morgan fingerprint density at radius 3 is 2.62 bits per heavy atom. The standard InChI is InChI=1S/C32H44BrNO4S/c1-6-25(27-9-10-28(33)39-27)34-29(37)15-18(2)22-7-8-23-30-24(12-14-32(22,23)5)31(4)13-11-21(36)16-20(31)17-26(30)38-19(3)35/h9-10,16,18,22-26,30H,6-8,11-15,17H2,1-5H3,(H,34,37)/t18-,22?,23+,24+,25-,26-,30+,31+,32-/m1/s1. The first kappa shape index (κ1) is 29.0. The summed E-state index contributed by atoms with van der Waals surface area (Å²) >= 11 is 5.23. The molecule has 4 aliphatic rings. The molecule has 0 spiro atoms. The van der Waals surface area contributed by atoms with Crippen LogP contribution >= 0.6 is 27.3 Å². The van der Waals surface area contributed by atoms with E-state index in [4.69, 9.17) is 4.74 Å². The van der Waals surface area contributed by atoms with Crippen LogP contribution in [0, 0.1) is 40.4 Å². The molecule has 0 bridgehead atoms. The van der Waals surface area contributed by atoms with Gasteiger partial charge in [-0.1, -0.05) is 33.3 Å². The molecule has 3 fully saturated rings. The Morgan fingerprint density at radius 2 is 1.95 bits per heavy atom. The van der Waals surface area contributed by atoms with Crippen molar-refractivity contribution in [2.24, 2.45) is 40.4 Å². The van der Waals surface area contributed by atoms with E-state index in [1.807, 2.05) is 12.1 Å². The van der Waals surface area contributed by atoms with Crippen molar-refractivity contribution in [3.05, 3.63) is 32.4 Å². The molecule has 214 valence electrons. The zero-order chi connectivity index (χ0) is 28.1. The number of amides is 1. The third-order valence-electron chi connectivity index (χ3n) is 11.2. The Morgan fingerprint density at radius 1 is 1.18 bits per heavy atom. The van der Waals surface area contributed by atoms with Gasteiger partial charge in [-0.25, -0.2) is 0 Å². The third kappa shape index (κ3) is 5.31. The highest BCUT2D eigenvalue weighted by atomic mass is 79.9. The predicted molar refractivity (Wildman–Crippen MR) is 158 cm³/mol. The molecule has 1 N–H and O–H groups in total. The summed E-state index contributed by atoms with van der Waals surface area (Å²) in [6.07, 6.45) is 9.85. The number of thiophene rings is 1. The summed E-state index contributed by atoms with van der Waals surface area (Å²) in [6.45, 7) is 10.7. The van der Waals surface area contributed by atoms with Crippen LogP contribution in [0.1, 0.15) is 103 Å². The van der Waals surface area contributed by atoms with Crippen LogP contribution in [0.4, 0.5) is 0 Å². The highest BCUT2D eigenvalue weighted by Crippen LogP contribution is 2.68. The molecule has 5 rings (SSSR count). The van der Waals surface area contributed by atoms with Gasteiger partial charge in [0, 0.05) is 37.0 Å². The largest absolute Gasteiger partial charge is 0.462 e. The quantitative estimate of drug-likeness (QED) is 0.317. The average molecular weight is 619 g/mol. The number of fused-ring (bicyclic) bond motifs is 5. The number of rotatable bonds is 7. The number of esters is 1. The lowest BCUT2D eigenvalue weighted by atomic mass is 9.45. The van der Waals surface area contributed by atoms with Crippen molar-refractivity contribution in [3.63, 3.8) is 0 Å². The molecular formula is C32H44BrNO4S. The first-order valence-corrected chi connectivity index (χ1v) is 16.5. The van der Waals surface area contributed by atoms with Gasteiger partial charge >= 0.3 is 5.97 Å². The van der Waals surface area contributed by atoms with Crippen molar-refractivity contribution in [2.75, 3.05) is 0 Å². The van der Waals surface area contributed by atoms with Crippen molar-refractivity contribution in [3.8, 4) is 0 Å². The lowest BCUT2D eigenvalue weighted by molar-refractivity contribution is -0.166. The summed E-state index contributed by atoms with van der Waals surface area (Å²) in [5, 5.41) is 3.31. The minimum absolute atomic E-state index is 0.0199. The van der Waals surface area contributed by atoms with Crippen LogP contribution in [0.2, 0.25) is 0 Å². The molecule has 1 unspecified atom stereocenters. The van der Waals surface area contributed by atoms with E-state index >= 15 is 0 Å². The predicted octanol–water partition coefficient (Wildman–Crippen LogP) is 7.79. The number of hydrogen-bond acceptors (Lipinski definition) is 5. The average Bonchev–Trinajstić information content (AvgIpc) is 3.46. The topological polar surface area (TPSA) is 72.5 Å². The van der Waals surface area contributed by atoms with E-state index in [1.165, 1.54) is 17.4 Å². The van der Waals surface area contributed by atoms with Crippen molar-refractivity contribution < 1.29 is 19.1 Å². The number of nitrogens with one attached hydrogen (secondary N) is 1. The van der Waals surface area contributed by atoms with Crippen LogP contribution in [0.15, 0.2) is 27.6 Å². The summed E-state index contributed by atoms with van der Waals surface area (Å²) in [7, 11) is 0. The second-order valence-corrected chi connectivity index (χ2v) is 15.8. The van der Waals surface area contributed by atoms with Gasteiger partial charge in [0.25, 0.3) is 0 Å². The van der Waals surface area contributed by atoms with Crippen LogP contribution in [0.5, 0.6) is 0 Å². The van der Waals surface area contributed by atoms with Crippen LogP contribution in [0.3, 0.4) is 0 Å². The zero-order valence-electron chi connectivity index (χ0n) is 24.1. The maximum absolute atomic E-state index is 13.2. The van der Waals surface area contributed by atoms with Crippen LogP contribution in [0.25, 0.3) is 0 Å². The smallest absolute Gasteiger partial charge is 0.302 e. The Bertz CT molecular complexity index is 1160. The Hall–Kier alpha value is -1.47. The van der Waals surface area contributed by atoms with Gasteiger partial charge in [-0.05, 0) is 107 Å². The fraction of sp³-hybridized carbons (Fsp3) is 0.719. The molecule has 0 aliphatic heterocycles. The van der Waals surface area contributed by atoms with Crippen LogP contribution in [-0.4, -0.2) is 23.8 Å². The second-order valence-electron chi connectivity index (χ2n) is 13.3. The molecule has 7 heteroatoms. The van der Waals surface area contributed by atoms with Crippen LogP contribution < -0.4 is 5.32 Å². The third-order valence-corrected chi connectivity index (χ3v) is 13.0. The molecule has 3 saturated carbocycles. The number of ketones is 1. The number of carbonyl (C=O) groups is 3. The maximum atomic E-state index is 13.2. The molecule has 0 saturated heterocycles. The number of carbonyl (C=O) groups excluding carboxylic acids is 3. The summed E-state index contributed by atoms with van der Waals surface area (Å²) in [5.41, 5.74) is 1.36. The Balaban J connectivity index is 1.33.